The number of alkyl halides is 3. The highest BCUT2D eigenvalue weighted by Gasteiger charge is 2.60. The highest BCUT2D eigenvalue weighted by Crippen LogP contribution is 2.64. The predicted molar refractivity (Wildman–Crippen MR) is 139 cm³/mol. The van der Waals surface area contributed by atoms with Gasteiger partial charge < -0.3 is 9.32 Å². The molecule has 0 saturated heterocycles. The Labute approximate surface area is 220 Å². The average Bonchev–Trinajstić information content (AvgIpc) is 3.58. The Morgan fingerprint density at radius 2 is 1.50 bits per heavy atom. The largest absolute Gasteiger partial charge is 0.471 e. The second kappa shape index (κ2) is 7.14. The number of furan rings is 1. The molecule has 38 heavy (non-hydrogen) atoms. The van der Waals surface area contributed by atoms with Gasteiger partial charge >= 0.3 is 6.18 Å². The van der Waals surface area contributed by atoms with Crippen molar-refractivity contribution in [3.05, 3.63) is 105 Å². The minimum absolute atomic E-state index is 0.0727. The van der Waals surface area contributed by atoms with Crippen LogP contribution in [0.2, 0.25) is 0 Å². The van der Waals surface area contributed by atoms with Gasteiger partial charge in [-0.1, -0.05) is 50.2 Å². The average molecular weight is 532 g/mol. The van der Waals surface area contributed by atoms with Crippen LogP contribution >= 0.6 is 11.3 Å². The number of anilines is 3. The molecule has 1 aliphatic carbocycles. The molecule has 0 bridgehead atoms. The van der Waals surface area contributed by atoms with Crippen molar-refractivity contribution < 1.29 is 27.2 Å². The van der Waals surface area contributed by atoms with Crippen LogP contribution in [0.15, 0.2) is 71.0 Å². The molecule has 4 aromatic rings. The van der Waals surface area contributed by atoms with Crippen LogP contribution in [0.1, 0.15) is 68.6 Å². The quantitative estimate of drug-likeness (QED) is 0.184. The number of rotatable bonds is 1. The third kappa shape index (κ3) is 2.65. The zero-order valence-corrected chi connectivity index (χ0v) is 21.4. The topological polar surface area (TPSA) is 50.5 Å². The molecule has 0 spiro atoms. The van der Waals surface area contributed by atoms with Gasteiger partial charge in [-0.3, -0.25) is 9.59 Å². The summed E-state index contributed by atoms with van der Waals surface area (Å²) in [5.74, 6) is -0.973. The lowest BCUT2D eigenvalue weighted by molar-refractivity contribution is -0.173. The van der Waals surface area contributed by atoms with E-state index in [0.29, 0.717) is 15.6 Å². The molecule has 3 aliphatic rings. The van der Waals surface area contributed by atoms with Gasteiger partial charge in [-0.05, 0) is 41.8 Å². The van der Waals surface area contributed by atoms with Crippen LogP contribution in [0.4, 0.5) is 29.5 Å². The van der Waals surface area contributed by atoms with Gasteiger partial charge in [-0.15, -0.1) is 11.3 Å². The molecule has 1 unspecified atom stereocenters. The molecule has 2 aliphatic heterocycles. The van der Waals surface area contributed by atoms with Crippen LogP contribution in [0.3, 0.4) is 0 Å². The van der Waals surface area contributed by atoms with Crippen molar-refractivity contribution in [1.82, 2.24) is 0 Å². The van der Waals surface area contributed by atoms with Crippen molar-refractivity contribution in [3.8, 4) is 0 Å². The molecule has 2 aromatic heterocycles. The van der Waals surface area contributed by atoms with Crippen LogP contribution in [0.25, 0.3) is 6.08 Å². The first-order valence-electron chi connectivity index (χ1n) is 12.1. The van der Waals surface area contributed by atoms with E-state index in [1.165, 1.54) is 31.6 Å². The van der Waals surface area contributed by atoms with Gasteiger partial charge in [0, 0.05) is 15.9 Å². The third-order valence-corrected chi connectivity index (χ3v) is 9.32. The Bertz CT molecular complexity index is 1720. The number of hydrogen-bond donors (Lipinski definition) is 0. The molecule has 4 nitrogen and oxygen atoms in total. The number of fused-ring (bicyclic) bond motifs is 5. The maximum Gasteiger partial charge on any atom is 0.402 e. The molecular formula is C30H20F3NO3S. The fourth-order valence-corrected chi connectivity index (χ4v) is 7.36. The van der Waals surface area contributed by atoms with E-state index in [4.69, 9.17) is 4.42 Å². The minimum Gasteiger partial charge on any atom is -0.471 e. The van der Waals surface area contributed by atoms with Gasteiger partial charge in [0.1, 0.15) is 22.9 Å². The van der Waals surface area contributed by atoms with Gasteiger partial charge in [0.15, 0.2) is 0 Å². The van der Waals surface area contributed by atoms with Gasteiger partial charge in [-0.25, -0.2) is 0 Å². The second-order valence-corrected chi connectivity index (χ2v) is 11.6. The molecule has 7 rings (SSSR count). The van der Waals surface area contributed by atoms with Gasteiger partial charge in [0.2, 0.25) is 11.6 Å². The van der Waals surface area contributed by atoms with E-state index < -0.39 is 28.6 Å². The molecule has 8 heteroatoms. The fraction of sp³-hybridized carbons (Fsp3) is 0.200. The lowest BCUT2D eigenvalue weighted by Crippen LogP contribution is -2.46. The zero-order chi connectivity index (χ0) is 26.8. The molecule has 2 aromatic carbocycles. The van der Waals surface area contributed by atoms with Crippen LogP contribution in [-0.4, -0.2) is 17.7 Å². The zero-order valence-electron chi connectivity index (χ0n) is 20.6. The fourth-order valence-electron chi connectivity index (χ4n) is 6.13. The predicted octanol–water partition coefficient (Wildman–Crippen LogP) is 8.09. The summed E-state index contributed by atoms with van der Waals surface area (Å²) in [6.07, 6.45) is -0.739. The molecule has 190 valence electrons. The summed E-state index contributed by atoms with van der Waals surface area (Å²) < 4.78 is 50.2. The first-order valence-corrected chi connectivity index (χ1v) is 12.9. The van der Waals surface area contributed by atoms with Crippen molar-refractivity contribution >= 4 is 45.4 Å². The molecule has 0 radical (unpaired) electrons. The number of para-hydroxylation sites is 2. The molecule has 0 N–H and O–H groups in total. The highest BCUT2D eigenvalue weighted by atomic mass is 32.1. The van der Waals surface area contributed by atoms with Crippen LogP contribution in [-0.2, 0) is 10.8 Å². The van der Waals surface area contributed by atoms with E-state index in [9.17, 15) is 9.59 Å². The Kier molecular flexibility index (Phi) is 4.36. The van der Waals surface area contributed by atoms with Gasteiger partial charge in [-0.2, -0.15) is 13.2 Å². The molecular weight excluding hydrogens is 511 g/mol. The molecule has 1 atom stereocenters. The highest BCUT2D eigenvalue weighted by molar-refractivity contribution is 7.17. The summed E-state index contributed by atoms with van der Waals surface area (Å²) in [6, 6.07) is 14.4. The summed E-state index contributed by atoms with van der Waals surface area (Å²) in [6.45, 7) is 5.29. The number of Topliss-reactive ketones (excluding diaryl/α,β-unsaturated/α-hetero) is 2. The van der Waals surface area contributed by atoms with Crippen molar-refractivity contribution in [1.29, 1.82) is 0 Å². The monoisotopic (exact) mass is 531 g/mol. The number of allylic oxidation sites excluding steroid dienone is 1. The van der Waals surface area contributed by atoms with Gasteiger partial charge in [0.05, 0.1) is 28.1 Å². The molecule has 0 amide bonds. The second-order valence-electron chi connectivity index (χ2n) is 10.6. The maximum atomic E-state index is 15.1. The van der Waals surface area contributed by atoms with E-state index in [2.05, 4.69) is 0 Å². The Morgan fingerprint density at radius 3 is 2.18 bits per heavy atom. The van der Waals surface area contributed by atoms with Crippen molar-refractivity contribution in [2.24, 2.45) is 0 Å². The number of ketones is 2. The summed E-state index contributed by atoms with van der Waals surface area (Å²) in [5, 5.41) is 0.430. The summed E-state index contributed by atoms with van der Waals surface area (Å²) >= 11 is 1.15. The maximum absolute atomic E-state index is 15.1. The number of carbonyl (C=O) groups excluding carboxylic acids is 2. The molecule has 0 saturated carbocycles. The van der Waals surface area contributed by atoms with Crippen molar-refractivity contribution in [2.45, 2.75) is 37.8 Å². The number of halogens is 3. The Hall–Kier alpha value is -3.91. The summed E-state index contributed by atoms with van der Waals surface area (Å²) in [7, 11) is 0. The van der Waals surface area contributed by atoms with E-state index in [0.717, 1.165) is 28.2 Å². The SMILES string of the molecule is CC1(C)c2ccccc2N2c3sc(C=C4C(=O)c5cocc5C4=O)cc3C(C)(C(F)(F)F)c3cccc1c32. The van der Waals surface area contributed by atoms with Crippen LogP contribution in [0.5, 0.6) is 0 Å². The smallest absolute Gasteiger partial charge is 0.402 e. The van der Waals surface area contributed by atoms with E-state index in [1.54, 1.807) is 12.1 Å². The number of nitrogens with zero attached hydrogens (tertiary/aromatic N) is 1. The normalized spacial score (nSPS) is 20.7. The van der Waals surface area contributed by atoms with Gasteiger partial charge in [0.25, 0.3) is 0 Å². The first kappa shape index (κ1) is 23.2. The van der Waals surface area contributed by atoms with E-state index in [-0.39, 0.29) is 27.8 Å². The van der Waals surface area contributed by atoms with Crippen LogP contribution < -0.4 is 4.90 Å². The number of hydrogen-bond acceptors (Lipinski definition) is 5. The van der Waals surface area contributed by atoms with E-state index in [1.807, 2.05) is 49.1 Å². The number of thiophene rings is 1. The summed E-state index contributed by atoms with van der Waals surface area (Å²) in [5.41, 5.74) is 0.927. The minimum atomic E-state index is -4.60. The van der Waals surface area contributed by atoms with Crippen molar-refractivity contribution in [3.63, 3.8) is 0 Å². The standard InChI is InChI=1S/C30H20F3NO3S/c1-28(2)19-7-4-5-10-23(19)34-24-20(28)8-6-9-21(24)29(3,30(31,32)33)22-12-15(38-27(22)34)11-16-25(35)17-13-37-14-18(17)26(16)36/h4-14H,1-3H3. The summed E-state index contributed by atoms with van der Waals surface area (Å²) in [4.78, 5) is 28.0. The first-order chi connectivity index (χ1) is 18.0. The lowest BCUT2D eigenvalue weighted by Gasteiger charge is -2.49. The molecule has 4 heterocycles. The Balaban J connectivity index is 1.52. The lowest BCUT2D eigenvalue weighted by atomic mass is 9.66. The van der Waals surface area contributed by atoms with E-state index >= 15 is 13.2 Å². The Morgan fingerprint density at radius 1 is 0.868 bits per heavy atom. The van der Waals surface area contributed by atoms with Crippen molar-refractivity contribution in [2.75, 3.05) is 4.90 Å². The number of carbonyl (C=O) groups is 2. The molecule has 0 fully saturated rings. The third-order valence-electron chi connectivity index (χ3n) is 8.26. The number of benzene rings is 2. The van der Waals surface area contributed by atoms with Crippen LogP contribution in [0, 0.1) is 0 Å².